The van der Waals surface area contributed by atoms with Crippen LogP contribution in [-0.2, 0) is 17.7 Å². The van der Waals surface area contributed by atoms with Crippen LogP contribution in [0.25, 0.3) is 10.8 Å². The van der Waals surface area contributed by atoms with Gasteiger partial charge in [-0.05, 0) is 31.3 Å². The van der Waals surface area contributed by atoms with E-state index in [1.165, 1.54) is 22.0 Å². The number of anilines is 2. The Morgan fingerprint density at radius 2 is 1.97 bits per heavy atom. The fraction of sp³-hybridized carbons (Fsp3) is 0.500. The molecule has 2 aromatic carbocycles. The largest absolute Gasteiger partial charge is 0.467 e. The van der Waals surface area contributed by atoms with Crippen molar-refractivity contribution in [3.05, 3.63) is 53.7 Å². The lowest BCUT2D eigenvalue weighted by molar-refractivity contribution is 0.110. The highest BCUT2D eigenvalue weighted by Gasteiger charge is 2.52. The lowest BCUT2D eigenvalue weighted by Crippen LogP contribution is -2.69. The maximum atomic E-state index is 10.1. The van der Waals surface area contributed by atoms with Gasteiger partial charge in [-0.25, -0.2) is 0 Å². The molecule has 2 saturated heterocycles. The number of likely N-dealkylation sites (tertiary alicyclic amines) is 1. The fourth-order valence-electron chi connectivity index (χ4n) is 6.99. The van der Waals surface area contributed by atoms with E-state index in [1.807, 2.05) is 0 Å². The van der Waals surface area contributed by atoms with Crippen molar-refractivity contribution in [2.24, 2.45) is 0 Å². The average molecular weight is 528 g/mol. The van der Waals surface area contributed by atoms with E-state index in [4.69, 9.17) is 19.4 Å². The number of aromatic nitrogens is 2. The minimum Gasteiger partial charge on any atom is -0.467 e. The van der Waals surface area contributed by atoms with E-state index in [0.29, 0.717) is 19.0 Å². The average Bonchev–Trinajstić information content (AvgIpc) is 3.37. The van der Waals surface area contributed by atoms with Crippen LogP contribution in [0.5, 0.6) is 6.01 Å². The molecule has 6 rings (SSSR count). The molecule has 3 aliphatic heterocycles. The highest BCUT2D eigenvalue weighted by Crippen LogP contribution is 2.41. The van der Waals surface area contributed by atoms with Gasteiger partial charge in [0.2, 0.25) is 0 Å². The monoisotopic (exact) mass is 527 g/mol. The second-order valence-corrected chi connectivity index (χ2v) is 10.9. The quantitative estimate of drug-likeness (QED) is 0.520. The van der Waals surface area contributed by atoms with Gasteiger partial charge >= 0.3 is 6.01 Å². The van der Waals surface area contributed by atoms with Crippen LogP contribution in [-0.4, -0.2) is 86.5 Å². The number of benzene rings is 2. The molecule has 0 amide bonds. The molecule has 0 saturated carbocycles. The summed E-state index contributed by atoms with van der Waals surface area (Å²) in [5.41, 5.74) is 2.95. The normalized spacial score (nSPS) is 25.5. The lowest BCUT2D eigenvalue weighted by atomic mass is 9.81. The van der Waals surface area contributed by atoms with Gasteiger partial charge in [-0.3, -0.25) is 4.90 Å². The van der Waals surface area contributed by atoms with Crippen molar-refractivity contribution in [3.63, 3.8) is 0 Å². The Morgan fingerprint density at radius 3 is 2.77 bits per heavy atom. The summed E-state index contributed by atoms with van der Waals surface area (Å²) in [6, 6.07) is 18.1. The van der Waals surface area contributed by atoms with E-state index >= 15 is 0 Å². The summed E-state index contributed by atoms with van der Waals surface area (Å²) in [7, 11) is 5.56. The first-order valence-corrected chi connectivity index (χ1v) is 13.8. The molecule has 1 aromatic heterocycles. The summed E-state index contributed by atoms with van der Waals surface area (Å²) in [5.74, 6) is 0.917. The predicted molar refractivity (Wildman–Crippen MR) is 152 cm³/mol. The summed E-state index contributed by atoms with van der Waals surface area (Å²) in [5, 5.41) is 16.2. The summed E-state index contributed by atoms with van der Waals surface area (Å²) in [6.45, 7) is 4.73. The second-order valence-electron chi connectivity index (χ2n) is 10.9. The number of piperazine rings is 1. The summed E-state index contributed by atoms with van der Waals surface area (Å²) >= 11 is 0. The molecule has 0 aliphatic carbocycles. The second kappa shape index (κ2) is 10.6. The summed E-state index contributed by atoms with van der Waals surface area (Å²) in [6.07, 6.45) is 2.26. The highest BCUT2D eigenvalue weighted by atomic mass is 16.5. The van der Waals surface area contributed by atoms with Crippen LogP contribution in [0.2, 0.25) is 0 Å². The number of nitriles is 1. The first-order chi connectivity index (χ1) is 19.1. The molecule has 39 heavy (non-hydrogen) atoms. The highest BCUT2D eigenvalue weighted by molar-refractivity contribution is 5.94. The van der Waals surface area contributed by atoms with Crippen molar-refractivity contribution >= 4 is 22.3 Å². The lowest BCUT2D eigenvalue weighted by Gasteiger charge is -2.52. The first kappa shape index (κ1) is 25.8. The number of nitrogens with one attached hydrogen (secondary N) is 1. The number of ether oxygens (including phenoxy) is 2. The Hall–Kier alpha value is -3.45. The molecule has 2 fully saturated rings. The van der Waals surface area contributed by atoms with E-state index in [-0.39, 0.29) is 12.1 Å². The number of fused-ring (bicyclic) bond motifs is 2. The number of methoxy groups -OCH3 is 2. The third-order valence-corrected chi connectivity index (χ3v) is 8.90. The van der Waals surface area contributed by atoms with E-state index in [9.17, 15) is 5.26 Å². The molecule has 0 radical (unpaired) electrons. The van der Waals surface area contributed by atoms with Crippen molar-refractivity contribution in [1.82, 2.24) is 20.2 Å². The molecular weight excluding hydrogens is 490 g/mol. The third kappa shape index (κ3) is 4.46. The summed E-state index contributed by atoms with van der Waals surface area (Å²) in [4.78, 5) is 17.0. The Balaban J connectivity index is 1.41. The SMILES string of the molecule is COc1nc2c(c(N3CCNC[C@@]3(CC#N)C3C[C@@H](OC)CN3C)n1)CCN(c1cccc3ccccc13)C2. The van der Waals surface area contributed by atoms with Gasteiger partial charge in [-0.2, -0.15) is 15.2 Å². The molecule has 9 nitrogen and oxygen atoms in total. The van der Waals surface area contributed by atoms with Gasteiger partial charge in [-0.1, -0.05) is 36.4 Å². The van der Waals surface area contributed by atoms with Crippen molar-refractivity contribution < 1.29 is 9.47 Å². The molecule has 0 bridgehead atoms. The van der Waals surface area contributed by atoms with E-state index in [2.05, 4.69) is 75.6 Å². The first-order valence-electron chi connectivity index (χ1n) is 13.8. The maximum Gasteiger partial charge on any atom is 0.318 e. The van der Waals surface area contributed by atoms with Crippen LogP contribution in [0.1, 0.15) is 24.1 Å². The topological polar surface area (TPSA) is 89.8 Å². The van der Waals surface area contributed by atoms with Crippen LogP contribution in [0.15, 0.2) is 42.5 Å². The molecule has 204 valence electrons. The Bertz CT molecular complexity index is 1390. The molecule has 9 heteroatoms. The Kier molecular flexibility index (Phi) is 7.02. The predicted octanol–water partition coefficient (Wildman–Crippen LogP) is 2.98. The molecule has 0 spiro atoms. The van der Waals surface area contributed by atoms with Gasteiger partial charge in [0.15, 0.2) is 0 Å². The van der Waals surface area contributed by atoms with Crippen molar-refractivity contribution in [2.45, 2.75) is 43.5 Å². The zero-order valence-corrected chi connectivity index (χ0v) is 23.1. The van der Waals surface area contributed by atoms with Crippen molar-refractivity contribution in [1.29, 1.82) is 5.26 Å². The zero-order chi connectivity index (χ0) is 27.0. The van der Waals surface area contributed by atoms with Crippen LogP contribution < -0.4 is 19.9 Å². The van der Waals surface area contributed by atoms with Crippen LogP contribution in [0, 0.1) is 11.3 Å². The van der Waals surface area contributed by atoms with Gasteiger partial charge in [-0.15, -0.1) is 0 Å². The number of nitrogens with zero attached hydrogens (tertiary/aromatic N) is 6. The molecule has 3 atom stereocenters. The molecule has 1 N–H and O–H groups in total. The van der Waals surface area contributed by atoms with Gasteiger partial charge in [0, 0.05) is 62.5 Å². The third-order valence-electron chi connectivity index (χ3n) is 8.90. The van der Waals surface area contributed by atoms with E-state index < -0.39 is 5.54 Å². The summed E-state index contributed by atoms with van der Waals surface area (Å²) < 4.78 is 11.4. The van der Waals surface area contributed by atoms with Gasteiger partial charge in [0.05, 0.1) is 43.5 Å². The Labute approximate surface area is 230 Å². The maximum absolute atomic E-state index is 10.1. The Morgan fingerprint density at radius 1 is 1.13 bits per heavy atom. The van der Waals surface area contributed by atoms with Gasteiger partial charge in [0.1, 0.15) is 5.82 Å². The molecule has 4 heterocycles. The van der Waals surface area contributed by atoms with Crippen LogP contribution >= 0.6 is 0 Å². The van der Waals surface area contributed by atoms with Gasteiger partial charge in [0.25, 0.3) is 0 Å². The van der Waals surface area contributed by atoms with Crippen LogP contribution in [0.3, 0.4) is 0 Å². The van der Waals surface area contributed by atoms with Gasteiger partial charge < -0.3 is 24.6 Å². The van der Waals surface area contributed by atoms with Crippen molar-refractivity contribution in [2.75, 3.05) is 63.8 Å². The number of likely N-dealkylation sites (N-methyl/N-ethyl adjacent to an activating group) is 1. The smallest absolute Gasteiger partial charge is 0.318 e. The van der Waals surface area contributed by atoms with Crippen LogP contribution in [0.4, 0.5) is 11.5 Å². The molecule has 1 unspecified atom stereocenters. The number of hydrogen-bond donors (Lipinski definition) is 1. The minimum atomic E-state index is -0.436. The fourth-order valence-corrected chi connectivity index (χ4v) is 6.99. The van der Waals surface area contributed by atoms with Crippen molar-refractivity contribution in [3.8, 4) is 12.1 Å². The zero-order valence-electron chi connectivity index (χ0n) is 23.1. The molecular formula is C30H37N7O2. The minimum absolute atomic E-state index is 0.155. The molecule has 3 aromatic rings. The molecule has 3 aliphatic rings. The van der Waals surface area contributed by atoms with E-state index in [1.54, 1.807) is 14.2 Å². The standard InChI is InChI=1S/C30H37N7O2/c1-35-18-22(38-2)17-27(35)30(12-13-31)20-32-14-16-37(30)28-24-11-15-36(19-25(24)33-29(34-28)39-3)26-10-6-8-21-7-4-5-9-23(21)26/h4-10,22,27,32H,11-12,14-20H2,1-3H3/t22-,27?,30+/m1/s1. The van der Waals surface area contributed by atoms with E-state index in [0.717, 1.165) is 57.1 Å². The number of hydrogen-bond acceptors (Lipinski definition) is 9. The number of rotatable bonds is 6.